The fourth-order valence-corrected chi connectivity index (χ4v) is 5.46. The van der Waals surface area contributed by atoms with E-state index in [4.69, 9.17) is 16.3 Å². The molecule has 0 saturated carbocycles. The lowest BCUT2D eigenvalue weighted by molar-refractivity contribution is -0.140. The van der Waals surface area contributed by atoms with Crippen LogP contribution in [0.15, 0.2) is 12.1 Å². The van der Waals surface area contributed by atoms with Gasteiger partial charge in [0.05, 0.1) is 6.61 Å². The summed E-state index contributed by atoms with van der Waals surface area (Å²) in [5, 5.41) is 0.168. The molecule has 0 bridgehead atoms. The summed E-state index contributed by atoms with van der Waals surface area (Å²) in [6.45, 7) is 5.03. The van der Waals surface area contributed by atoms with Crippen molar-refractivity contribution in [3.8, 4) is 5.75 Å². The molecule has 0 aromatic carbocycles. The summed E-state index contributed by atoms with van der Waals surface area (Å²) < 4.78 is 73.9. The number of halogens is 6. The molecule has 0 aliphatic carbocycles. The van der Waals surface area contributed by atoms with Gasteiger partial charge in [-0.15, -0.1) is 0 Å². The fraction of sp³-hybridized carbons (Fsp3) is 0.692. The zero-order valence-corrected chi connectivity index (χ0v) is 22.4. The highest BCUT2D eigenvalue weighted by Gasteiger charge is 2.38. The topological polar surface area (TPSA) is 50.6 Å². The van der Waals surface area contributed by atoms with Crippen molar-refractivity contribution >= 4 is 28.5 Å². The molecule has 0 N–H and O–H groups in total. The van der Waals surface area contributed by atoms with Gasteiger partial charge in [0.15, 0.2) is 10.9 Å². The van der Waals surface area contributed by atoms with E-state index in [2.05, 4.69) is 23.7 Å². The predicted octanol–water partition coefficient (Wildman–Crippen LogP) is 6.40. The first-order valence-electron chi connectivity index (χ1n) is 13.1. The molecule has 38 heavy (non-hydrogen) atoms. The molecule has 0 atom stereocenters. The molecule has 2 fully saturated rings. The number of carbonyl (C=O) groups is 1. The van der Waals surface area contributed by atoms with E-state index >= 15 is 0 Å². The van der Waals surface area contributed by atoms with Gasteiger partial charge in [-0.2, -0.15) is 13.2 Å². The Labute approximate surface area is 224 Å². The number of pyridine rings is 1. The third-order valence-corrected chi connectivity index (χ3v) is 7.79. The average molecular weight is 565 g/mol. The maximum Gasteiger partial charge on any atom is 0.406 e. The van der Waals surface area contributed by atoms with Crippen LogP contribution in [0.3, 0.4) is 0 Å². The fourth-order valence-electron chi connectivity index (χ4n) is 5.27. The Hall–Kier alpha value is -2.14. The lowest BCUT2D eigenvalue weighted by Gasteiger charge is -2.34. The zero-order valence-electron chi connectivity index (χ0n) is 21.7. The second-order valence-electron chi connectivity index (χ2n) is 10.6. The number of hydrogen-bond donors (Lipinski definition) is 0. The highest BCUT2D eigenvalue weighted by atomic mass is 35.5. The van der Waals surface area contributed by atoms with Crippen molar-refractivity contribution in [2.75, 3.05) is 32.8 Å². The van der Waals surface area contributed by atoms with Crippen molar-refractivity contribution in [2.45, 2.75) is 77.1 Å². The van der Waals surface area contributed by atoms with E-state index in [0.717, 1.165) is 48.2 Å². The van der Waals surface area contributed by atoms with Crippen LogP contribution in [0, 0.1) is 5.92 Å². The summed E-state index contributed by atoms with van der Waals surface area (Å²) in [7, 11) is 0. The van der Waals surface area contributed by atoms with Gasteiger partial charge in [-0.25, -0.2) is 13.8 Å². The van der Waals surface area contributed by atoms with Crippen LogP contribution in [-0.4, -0.2) is 76.2 Å². The van der Waals surface area contributed by atoms with E-state index in [1.807, 2.05) is 0 Å². The van der Waals surface area contributed by atoms with Crippen LogP contribution >= 0.6 is 11.6 Å². The van der Waals surface area contributed by atoms with Crippen LogP contribution in [-0.2, 0) is 6.54 Å². The first-order chi connectivity index (χ1) is 17.8. The molecule has 0 unspecified atom stereocenters. The smallest absolute Gasteiger partial charge is 0.406 e. The lowest BCUT2D eigenvalue weighted by Crippen LogP contribution is -2.43. The van der Waals surface area contributed by atoms with Gasteiger partial charge in [0.2, 0.25) is 0 Å². The minimum atomic E-state index is -4.63. The Bertz CT molecular complexity index is 1120. The number of likely N-dealkylation sites (tertiary alicyclic amines) is 2. The Kier molecular flexibility index (Phi) is 8.76. The molecule has 2 aromatic heterocycles. The molecule has 6 nitrogen and oxygen atoms in total. The second kappa shape index (κ2) is 11.5. The van der Waals surface area contributed by atoms with Crippen molar-refractivity contribution in [1.29, 1.82) is 0 Å². The van der Waals surface area contributed by atoms with Gasteiger partial charge in [0.25, 0.3) is 11.8 Å². The summed E-state index contributed by atoms with van der Waals surface area (Å²) in [5.74, 6) is -2.77. The minimum absolute atomic E-state index is 0.0964. The Morgan fingerprint density at radius 2 is 1.82 bits per heavy atom. The Morgan fingerprint density at radius 3 is 2.42 bits per heavy atom. The highest BCUT2D eigenvalue weighted by Crippen LogP contribution is 2.34. The van der Waals surface area contributed by atoms with E-state index < -0.39 is 37.4 Å². The summed E-state index contributed by atoms with van der Waals surface area (Å²) in [6.07, 6.45) is -1.60. The van der Waals surface area contributed by atoms with Crippen LogP contribution in [0.4, 0.5) is 22.0 Å². The van der Waals surface area contributed by atoms with Crippen LogP contribution in [0.25, 0.3) is 11.0 Å². The molecule has 212 valence electrons. The highest BCUT2D eigenvalue weighted by molar-refractivity contribution is 6.31. The van der Waals surface area contributed by atoms with Gasteiger partial charge in [-0.1, -0.05) is 11.6 Å². The first kappa shape index (κ1) is 28.9. The van der Waals surface area contributed by atoms with Crippen molar-refractivity contribution in [3.63, 3.8) is 0 Å². The molecule has 2 saturated heterocycles. The summed E-state index contributed by atoms with van der Waals surface area (Å²) >= 11 is 6.27. The first-order valence-corrected chi connectivity index (χ1v) is 13.5. The zero-order chi connectivity index (χ0) is 27.7. The number of piperidine rings is 2. The SMILES string of the molecule is CC(C)N1CCC(CCCOc2cc3cc(C(=O)N4CCC(F)(F)CC4)n(CC(F)(F)F)c3nc2Cl)CC1. The molecule has 0 radical (unpaired) electrons. The summed E-state index contributed by atoms with van der Waals surface area (Å²) in [4.78, 5) is 20.8. The number of nitrogens with zero attached hydrogens (tertiary/aromatic N) is 4. The van der Waals surface area contributed by atoms with Crippen molar-refractivity contribution in [3.05, 3.63) is 23.0 Å². The number of carbonyl (C=O) groups excluding carboxylic acids is 1. The van der Waals surface area contributed by atoms with E-state index in [0.29, 0.717) is 18.6 Å². The van der Waals surface area contributed by atoms with E-state index in [9.17, 15) is 26.7 Å². The van der Waals surface area contributed by atoms with Gasteiger partial charge in [-0.05, 0) is 70.7 Å². The maximum atomic E-state index is 13.5. The molecule has 2 aliphatic heterocycles. The largest absolute Gasteiger partial charge is 0.490 e. The van der Waals surface area contributed by atoms with Gasteiger partial charge in [-0.3, -0.25) is 4.79 Å². The van der Waals surface area contributed by atoms with Crippen LogP contribution in [0.2, 0.25) is 5.15 Å². The minimum Gasteiger partial charge on any atom is -0.490 e. The molecule has 0 spiro atoms. The molecule has 1 amide bonds. The van der Waals surface area contributed by atoms with E-state index in [1.165, 1.54) is 12.1 Å². The number of aromatic nitrogens is 2. The van der Waals surface area contributed by atoms with Crippen molar-refractivity contribution < 1.29 is 31.5 Å². The van der Waals surface area contributed by atoms with Gasteiger partial charge in [0.1, 0.15) is 17.9 Å². The number of rotatable bonds is 8. The van der Waals surface area contributed by atoms with Gasteiger partial charge >= 0.3 is 6.18 Å². The van der Waals surface area contributed by atoms with Crippen molar-refractivity contribution in [1.82, 2.24) is 19.4 Å². The van der Waals surface area contributed by atoms with Crippen molar-refractivity contribution in [2.24, 2.45) is 5.92 Å². The van der Waals surface area contributed by atoms with Gasteiger partial charge in [0, 0.05) is 37.4 Å². The lowest BCUT2D eigenvalue weighted by atomic mass is 9.92. The molecule has 2 aromatic rings. The summed E-state index contributed by atoms with van der Waals surface area (Å²) in [6, 6.07) is 3.34. The average Bonchev–Trinajstić information content (AvgIpc) is 3.17. The normalized spacial score (nSPS) is 19.4. The number of amides is 1. The standard InChI is InChI=1S/C26H34ClF5N4O2/c1-17(2)34-9-5-18(6-10-34)4-3-13-38-21-15-19-14-20(24(37)35-11-7-25(28,29)8-12-35)36(16-26(30,31)32)23(19)33-22(21)27/h14-15,17-18H,3-13,16H2,1-2H3. The molecule has 4 rings (SSSR count). The Balaban J connectivity index is 1.45. The number of fused-ring (bicyclic) bond motifs is 1. The van der Waals surface area contributed by atoms with Crippen LogP contribution in [0.1, 0.15) is 62.9 Å². The number of alkyl halides is 5. The molecular weight excluding hydrogens is 531 g/mol. The van der Waals surface area contributed by atoms with Crippen LogP contribution < -0.4 is 4.74 Å². The van der Waals surface area contributed by atoms with Crippen LogP contribution in [0.5, 0.6) is 5.75 Å². The van der Waals surface area contributed by atoms with Gasteiger partial charge < -0.3 is 19.1 Å². The Morgan fingerprint density at radius 1 is 1.16 bits per heavy atom. The second-order valence-corrected chi connectivity index (χ2v) is 11.0. The third-order valence-electron chi connectivity index (χ3n) is 7.52. The maximum absolute atomic E-state index is 13.5. The third kappa shape index (κ3) is 7.08. The quantitative estimate of drug-likeness (QED) is 0.211. The number of hydrogen-bond acceptors (Lipinski definition) is 4. The number of ether oxygens (including phenoxy) is 1. The molecule has 4 heterocycles. The molecule has 2 aliphatic rings. The van der Waals surface area contributed by atoms with E-state index in [-0.39, 0.29) is 40.7 Å². The molecule has 12 heteroatoms. The monoisotopic (exact) mass is 564 g/mol. The molecular formula is C26H34ClF5N4O2. The van der Waals surface area contributed by atoms with E-state index in [1.54, 1.807) is 0 Å². The summed E-state index contributed by atoms with van der Waals surface area (Å²) in [5.41, 5.74) is -0.377. The predicted molar refractivity (Wildman–Crippen MR) is 135 cm³/mol.